The molecule has 0 bridgehead atoms. The number of aromatic hydroxyl groups is 1. The van der Waals surface area contributed by atoms with Crippen molar-refractivity contribution in [2.45, 2.75) is 38.8 Å². The maximum Gasteiger partial charge on any atom is 0.199 e. The Morgan fingerprint density at radius 2 is 1.43 bits per heavy atom. The number of phenols is 1. The molecular formula is C32H34O5. The molecule has 0 saturated carbocycles. The summed E-state index contributed by atoms with van der Waals surface area (Å²) in [6, 6.07) is 23.1. The Morgan fingerprint density at radius 3 is 2.03 bits per heavy atom. The first kappa shape index (κ1) is 26.3. The smallest absolute Gasteiger partial charge is 0.199 e. The van der Waals surface area contributed by atoms with Gasteiger partial charge in [0.15, 0.2) is 12.6 Å². The molecule has 3 aromatic carbocycles. The summed E-state index contributed by atoms with van der Waals surface area (Å²) in [6.07, 6.45) is 13.1. The van der Waals surface area contributed by atoms with E-state index in [1.165, 1.54) is 0 Å². The van der Waals surface area contributed by atoms with Gasteiger partial charge in [-0.25, -0.2) is 0 Å². The molecule has 5 heteroatoms. The molecule has 1 fully saturated rings. The third-order valence-corrected chi connectivity index (χ3v) is 5.96. The van der Waals surface area contributed by atoms with E-state index in [0.717, 1.165) is 59.6 Å². The molecule has 0 spiro atoms. The van der Waals surface area contributed by atoms with E-state index in [9.17, 15) is 5.11 Å². The van der Waals surface area contributed by atoms with Crippen molar-refractivity contribution in [2.75, 3.05) is 13.7 Å². The van der Waals surface area contributed by atoms with Crippen LogP contribution in [0.5, 0.6) is 17.2 Å². The van der Waals surface area contributed by atoms with Crippen molar-refractivity contribution >= 4 is 18.2 Å². The Balaban J connectivity index is 1.49. The lowest BCUT2D eigenvalue weighted by molar-refractivity contribution is -0.105. The normalized spacial score (nSPS) is 17.2. The third kappa shape index (κ3) is 8.67. The van der Waals surface area contributed by atoms with Crippen LogP contribution in [0.3, 0.4) is 0 Å². The van der Waals surface area contributed by atoms with Gasteiger partial charge in [0.1, 0.15) is 17.2 Å². The van der Waals surface area contributed by atoms with Crippen LogP contribution in [0.1, 0.15) is 42.9 Å². The fourth-order valence-electron chi connectivity index (χ4n) is 3.81. The molecule has 1 heterocycles. The van der Waals surface area contributed by atoms with E-state index in [1.54, 1.807) is 19.2 Å². The summed E-state index contributed by atoms with van der Waals surface area (Å²) in [5.41, 5.74) is 4.13. The Kier molecular flexibility index (Phi) is 9.58. The van der Waals surface area contributed by atoms with Crippen molar-refractivity contribution in [3.05, 3.63) is 107 Å². The number of phenolic OH excluding ortho intramolecular Hbond substituents is 1. The molecule has 3 aromatic rings. The Bertz CT molecular complexity index is 1190. The van der Waals surface area contributed by atoms with E-state index in [4.69, 9.17) is 18.9 Å². The highest BCUT2D eigenvalue weighted by Gasteiger charge is 2.14. The van der Waals surface area contributed by atoms with E-state index in [0.29, 0.717) is 0 Å². The number of hydrogen-bond donors (Lipinski definition) is 1. The number of ether oxygens (including phenoxy) is 4. The fraction of sp³-hybridized carbons (Fsp3) is 0.250. The molecule has 1 saturated heterocycles. The molecule has 1 aliphatic heterocycles. The van der Waals surface area contributed by atoms with Crippen molar-refractivity contribution < 1.29 is 24.1 Å². The van der Waals surface area contributed by atoms with Crippen LogP contribution in [-0.2, 0) is 9.47 Å². The number of hydrogen-bond acceptors (Lipinski definition) is 5. The predicted molar refractivity (Wildman–Crippen MR) is 148 cm³/mol. The lowest BCUT2D eigenvalue weighted by Crippen LogP contribution is -2.24. The zero-order chi connectivity index (χ0) is 25.9. The van der Waals surface area contributed by atoms with Crippen molar-refractivity contribution in [3.63, 3.8) is 0 Å². The molecule has 1 N–H and O–H groups in total. The van der Waals surface area contributed by atoms with Gasteiger partial charge < -0.3 is 24.1 Å². The standard InChI is InChI=1S/C32H34O5/c1-24(34-2)36-30-20-14-28(15-21-30)23-27(8-6-25-10-16-29(33)17-11-25)9-7-26-12-18-31(19-13-26)37-32-5-3-4-22-35-32/h6-21,23-24,32-33H,3-5,22H2,1-2H3. The van der Waals surface area contributed by atoms with Crippen LogP contribution in [0.4, 0.5) is 0 Å². The molecule has 0 amide bonds. The van der Waals surface area contributed by atoms with E-state index in [1.807, 2.05) is 73.7 Å². The minimum absolute atomic E-state index is 0.149. The van der Waals surface area contributed by atoms with Crippen LogP contribution in [0.25, 0.3) is 18.2 Å². The summed E-state index contributed by atoms with van der Waals surface area (Å²) in [5.74, 6) is 1.82. The van der Waals surface area contributed by atoms with Crippen LogP contribution < -0.4 is 9.47 Å². The summed E-state index contributed by atoms with van der Waals surface area (Å²) in [5, 5.41) is 9.56. The monoisotopic (exact) mass is 498 g/mol. The number of methoxy groups -OCH3 is 1. The molecule has 2 atom stereocenters. The second kappa shape index (κ2) is 13.5. The molecule has 0 aromatic heterocycles. The summed E-state index contributed by atoms with van der Waals surface area (Å²) < 4.78 is 22.5. The van der Waals surface area contributed by atoms with Crippen LogP contribution in [0.15, 0.2) is 90.5 Å². The average Bonchev–Trinajstić information content (AvgIpc) is 2.93. The van der Waals surface area contributed by atoms with Crippen molar-refractivity contribution in [2.24, 2.45) is 0 Å². The van der Waals surface area contributed by atoms with E-state index in [2.05, 4.69) is 24.3 Å². The van der Waals surface area contributed by atoms with Gasteiger partial charge >= 0.3 is 0 Å². The molecule has 5 nitrogen and oxygen atoms in total. The van der Waals surface area contributed by atoms with Crippen LogP contribution in [0.2, 0.25) is 0 Å². The van der Waals surface area contributed by atoms with Crippen molar-refractivity contribution in [3.8, 4) is 17.2 Å². The Morgan fingerprint density at radius 1 is 0.838 bits per heavy atom. The minimum atomic E-state index is -0.305. The van der Waals surface area contributed by atoms with E-state index >= 15 is 0 Å². The summed E-state index contributed by atoms with van der Waals surface area (Å²) in [4.78, 5) is 0. The Labute approximate surface area is 219 Å². The van der Waals surface area contributed by atoms with Gasteiger partial charge in [0.2, 0.25) is 0 Å². The molecule has 37 heavy (non-hydrogen) atoms. The zero-order valence-corrected chi connectivity index (χ0v) is 21.4. The molecule has 4 rings (SSSR count). The van der Waals surface area contributed by atoms with Crippen LogP contribution in [0, 0.1) is 0 Å². The van der Waals surface area contributed by atoms with E-state index in [-0.39, 0.29) is 18.3 Å². The van der Waals surface area contributed by atoms with Crippen LogP contribution in [-0.4, -0.2) is 31.4 Å². The zero-order valence-electron chi connectivity index (χ0n) is 21.4. The van der Waals surface area contributed by atoms with E-state index < -0.39 is 0 Å². The lowest BCUT2D eigenvalue weighted by atomic mass is 10.1. The number of rotatable bonds is 10. The highest BCUT2D eigenvalue weighted by atomic mass is 16.7. The second-order valence-electron chi connectivity index (χ2n) is 8.88. The van der Waals surface area contributed by atoms with Gasteiger partial charge in [0, 0.05) is 13.5 Å². The average molecular weight is 499 g/mol. The van der Waals surface area contributed by atoms with Gasteiger partial charge in [-0.15, -0.1) is 0 Å². The largest absolute Gasteiger partial charge is 0.508 e. The maximum absolute atomic E-state index is 9.56. The molecule has 0 radical (unpaired) electrons. The van der Waals surface area contributed by atoms with Gasteiger partial charge in [0.05, 0.1) is 6.61 Å². The predicted octanol–water partition coefficient (Wildman–Crippen LogP) is 7.48. The highest BCUT2D eigenvalue weighted by Crippen LogP contribution is 2.22. The molecular weight excluding hydrogens is 464 g/mol. The summed E-state index contributed by atoms with van der Waals surface area (Å²) in [6.45, 7) is 2.62. The number of allylic oxidation sites excluding steroid dienone is 3. The summed E-state index contributed by atoms with van der Waals surface area (Å²) >= 11 is 0. The molecule has 2 unspecified atom stereocenters. The first-order valence-corrected chi connectivity index (χ1v) is 12.6. The third-order valence-electron chi connectivity index (χ3n) is 5.96. The summed E-state index contributed by atoms with van der Waals surface area (Å²) in [7, 11) is 1.62. The molecule has 0 aliphatic carbocycles. The van der Waals surface area contributed by atoms with Crippen LogP contribution >= 0.6 is 0 Å². The SMILES string of the molecule is COC(C)Oc1ccc(C=C(C=Cc2ccc(O)cc2)C=Cc2ccc(OC3CCCCO3)cc2)cc1. The van der Waals surface area contributed by atoms with Gasteiger partial charge in [-0.2, -0.15) is 0 Å². The quantitative estimate of drug-likeness (QED) is 0.232. The van der Waals surface area contributed by atoms with Gasteiger partial charge in [0.25, 0.3) is 0 Å². The molecule has 192 valence electrons. The fourth-order valence-corrected chi connectivity index (χ4v) is 3.81. The second-order valence-corrected chi connectivity index (χ2v) is 8.88. The molecule has 1 aliphatic rings. The Hall–Kier alpha value is -3.80. The van der Waals surface area contributed by atoms with Gasteiger partial charge in [-0.3, -0.25) is 0 Å². The first-order valence-electron chi connectivity index (χ1n) is 12.6. The maximum atomic E-state index is 9.56. The topological polar surface area (TPSA) is 57.2 Å². The lowest BCUT2D eigenvalue weighted by Gasteiger charge is -2.23. The van der Waals surface area contributed by atoms with Gasteiger partial charge in [-0.05, 0) is 84.5 Å². The minimum Gasteiger partial charge on any atom is -0.508 e. The first-order chi connectivity index (χ1) is 18.1. The van der Waals surface area contributed by atoms with Gasteiger partial charge in [-0.1, -0.05) is 60.7 Å². The van der Waals surface area contributed by atoms with Crippen molar-refractivity contribution in [1.29, 1.82) is 0 Å². The number of benzene rings is 3. The van der Waals surface area contributed by atoms with Crippen molar-refractivity contribution in [1.82, 2.24) is 0 Å². The highest BCUT2D eigenvalue weighted by molar-refractivity contribution is 5.68.